The molecule has 0 saturated heterocycles. The van der Waals surface area contributed by atoms with E-state index in [0.717, 1.165) is 12.1 Å². The largest absolute Gasteiger partial charge is 0.507 e. The van der Waals surface area contributed by atoms with Gasteiger partial charge in [-0.25, -0.2) is 0 Å². The van der Waals surface area contributed by atoms with Crippen LogP contribution in [0.3, 0.4) is 0 Å². The van der Waals surface area contributed by atoms with Gasteiger partial charge in [0.2, 0.25) is 0 Å². The summed E-state index contributed by atoms with van der Waals surface area (Å²) in [5, 5.41) is 17.7. The normalized spacial score (nSPS) is 13.8. The van der Waals surface area contributed by atoms with E-state index in [1.807, 2.05) is 0 Å². The number of aliphatic hydroxyl groups is 1. The van der Waals surface area contributed by atoms with Crippen LogP contribution in [0.25, 0.3) is 0 Å². The van der Waals surface area contributed by atoms with Crippen molar-refractivity contribution in [2.45, 2.75) is 18.6 Å². The molecular weight excluding hydrogens is 223 g/mol. The molecule has 0 fully saturated rings. The van der Waals surface area contributed by atoms with Gasteiger partial charge in [-0.2, -0.15) is 13.2 Å². The summed E-state index contributed by atoms with van der Waals surface area (Å²) >= 11 is 0. The Morgan fingerprint density at radius 2 is 1.94 bits per heavy atom. The fraction of sp³-hybridized carbons (Fsp3) is 0.400. The molecule has 0 amide bonds. The number of aromatic hydroxyl groups is 1. The maximum atomic E-state index is 12.4. The maximum Gasteiger partial charge on any atom is 0.419 e. The van der Waals surface area contributed by atoms with Gasteiger partial charge < -0.3 is 15.9 Å². The number of aliphatic hydroxyl groups excluding tert-OH is 1. The molecule has 1 aromatic rings. The lowest BCUT2D eigenvalue weighted by molar-refractivity contribution is -0.138. The molecule has 1 atom stereocenters. The first-order chi connectivity index (χ1) is 7.36. The molecule has 0 bridgehead atoms. The highest BCUT2D eigenvalue weighted by molar-refractivity contribution is 5.39. The predicted octanol–water partition coefficient (Wildman–Crippen LogP) is 1.79. The van der Waals surface area contributed by atoms with Crippen molar-refractivity contribution in [1.82, 2.24) is 0 Å². The lowest BCUT2D eigenvalue weighted by atomic mass is 10.0. The number of phenolic OH excluding ortho intramolecular Hbond substituents is 1. The fourth-order valence-electron chi connectivity index (χ4n) is 1.32. The van der Waals surface area contributed by atoms with Gasteiger partial charge in [-0.3, -0.25) is 0 Å². The SMILES string of the molecule is N[C@@H](CCO)c1ccc(O)c(C(F)(F)F)c1. The zero-order chi connectivity index (χ0) is 12.3. The van der Waals surface area contributed by atoms with Crippen LogP contribution in [0.15, 0.2) is 18.2 Å². The first-order valence-electron chi connectivity index (χ1n) is 4.63. The minimum Gasteiger partial charge on any atom is -0.507 e. The van der Waals surface area contributed by atoms with Gasteiger partial charge in [-0.15, -0.1) is 0 Å². The maximum absolute atomic E-state index is 12.4. The van der Waals surface area contributed by atoms with Crippen LogP contribution in [0.2, 0.25) is 0 Å². The Balaban J connectivity index is 3.07. The summed E-state index contributed by atoms with van der Waals surface area (Å²) in [5.74, 6) is -0.826. The van der Waals surface area contributed by atoms with Gasteiger partial charge in [0, 0.05) is 12.6 Å². The molecule has 16 heavy (non-hydrogen) atoms. The number of hydrogen-bond acceptors (Lipinski definition) is 3. The molecule has 90 valence electrons. The molecule has 0 aromatic heterocycles. The Labute approximate surface area is 90.3 Å². The molecule has 0 heterocycles. The molecule has 0 radical (unpaired) electrons. The van der Waals surface area contributed by atoms with Crippen molar-refractivity contribution >= 4 is 0 Å². The summed E-state index contributed by atoms with van der Waals surface area (Å²) in [6, 6.07) is 2.39. The molecule has 1 aromatic carbocycles. The second-order valence-electron chi connectivity index (χ2n) is 3.39. The molecule has 1 rings (SSSR count). The monoisotopic (exact) mass is 235 g/mol. The van der Waals surface area contributed by atoms with E-state index in [9.17, 15) is 13.2 Å². The van der Waals surface area contributed by atoms with Crippen LogP contribution in [0.5, 0.6) is 5.75 Å². The van der Waals surface area contributed by atoms with Crippen LogP contribution in [0.1, 0.15) is 23.6 Å². The van der Waals surface area contributed by atoms with Crippen LogP contribution < -0.4 is 5.73 Å². The number of phenols is 1. The summed E-state index contributed by atoms with van der Waals surface area (Å²) in [4.78, 5) is 0. The summed E-state index contributed by atoms with van der Waals surface area (Å²) in [5.41, 5.74) is 4.68. The van der Waals surface area contributed by atoms with Crippen molar-refractivity contribution in [2.75, 3.05) is 6.61 Å². The molecule has 3 nitrogen and oxygen atoms in total. The minimum atomic E-state index is -4.61. The van der Waals surface area contributed by atoms with Crippen LogP contribution in [0, 0.1) is 0 Å². The molecule has 4 N–H and O–H groups in total. The van der Waals surface area contributed by atoms with E-state index in [4.69, 9.17) is 15.9 Å². The van der Waals surface area contributed by atoms with Gasteiger partial charge in [-0.05, 0) is 24.1 Å². The quantitative estimate of drug-likeness (QED) is 0.748. The van der Waals surface area contributed by atoms with Gasteiger partial charge in [0.05, 0.1) is 5.56 Å². The van der Waals surface area contributed by atoms with Crippen LogP contribution in [0.4, 0.5) is 13.2 Å². The Morgan fingerprint density at radius 3 is 2.44 bits per heavy atom. The number of benzene rings is 1. The molecule has 0 unspecified atom stereocenters. The van der Waals surface area contributed by atoms with Crippen molar-refractivity contribution in [3.05, 3.63) is 29.3 Å². The number of hydrogen-bond donors (Lipinski definition) is 3. The lowest BCUT2D eigenvalue weighted by Gasteiger charge is -2.14. The van der Waals surface area contributed by atoms with Gasteiger partial charge in [0.15, 0.2) is 0 Å². The first kappa shape index (κ1) is 12.8. The summed E-state index contributed by atoms with van der Waals surface area (Å²) in [7, 11) is 0. The van der Waals surface area contributed by atoms with Crippen LogP contribution in [-0.2, 0) is 6.18 Å². The molecular formula is C10H12F3NO2. The molecule has 0 aliphatic carbocycles. The minimum absolute atomic E-state index is 0.169. The fourth-order valence-corrected chi connectivity index (χ4v) is 1.32. The van der Waals surface area contributed by atoms with Crippen molar-refractivity contribution in [2.24, 2.45) is 5.73 Å². The standard InChI is InChI=1S/C10H12F3NO2/c11-10(12,13)7-5-6(1-2-9(7)16)8(14)3-4-15/h1-2,5,8,15-16H,3-4,14H2/t8-/m0/s1. The Bertz CT molecular complexity index is 366. The van der Waals surface area contributed by atoms with E-state index in [1.54, 1.807) is 0 Å². The topological polar surface area (TPSA) is 66.5 Å². The highest BCUT2D eigenvalue weighted by atomic mass is 19.4. The van der Waals surface area contributed by atoms with E-state index in [0.29, 0.717) is 0 Å². The smallest absolute Gasteiger partial charge is 0.419 e. The highest BCUT2D eigenvalue weighted by Crippen LogP contribution is 2.36. The van der Waals surface area contributed by atoms with E-state index in [-0.39, 0.29) is 18.6 Å². The Morgan fingerprint density at radius 1 is 1.31 bits per heavy atom. The van der Waals surface area contributed by atoms with Gasteiger partial charge in [0.25, 0.3) is 0 Å². The number of halogens is 3. The summed E-state index contributed by atoms with van der Waals surface area (Å²) in [6.45, 7) is -0.205. The van der Waals surface area contributed by atoms with E-state index >= 15 is 0 Å². The van der Waals surface area contributed by atoms with Gasteiger partial charge in [-0.1, -0.05) is 6.07 Å². The molecule has 0 aliphatic heterocycles. The Hall–Kier alpha value is -1.27. The van der Waals surface area contributed by atoms with Crippen LogP contribution in [-0.4, -0.2) is 16.8 Å². The second kappa shape index (κ2) is 4.71. The average Bonchev–Trinajstić information content (AvgIpc) is 2.16. The van der Waals surface area contributed by atoms with Crippen molar-refractivity contribution in [3.63, 3.8) is 0 Å². The summed E-state index contributed by atoms with van der Waals surface area (Å²) in [6.07, 6.45) is -4.44. The van der Waals surface area contributed by atoms with Crippen LogP contribution >= 0.6 is 0 Å². The van der Waals surface area contributed by atoms with E-state index in [2.05, 4.69) is 0 Å². The zero-order valence-electron chi connectivity index (χ0n) is 8.33. The lowest BCUT2D eigenvalue weighted by Crippen LogP contribution is -2.14. The first-order valence-corrected chi connectivity index (χ1v) is 4.63. The number of alkyl halides is 3. The predicted molar refractivity (Wildman–Crippen MR) is 51.7 cm³/mol. The highest BCUT2D eigenvalue weighted by Gasteiger charge is 2.34. The van der Waals surface area contributed by atoms with E-state index in [1.165, 1.54) is 6.07 Å². The second-order valence-corrected chi connectivity index (χ2v) is 3.39. The third-order valence-corrected chi connectivity index (χ3v) is 2.19. The van der Waals surface area contributed by atoms with Gasteiger partial charge in [0.1, 0.15) is 5.75 Å². The zero-order valence-corrected chi connectivity index (χ0v) is 8.33. The third kappa shape index (κ3) is 2.86. The van der Waals surface area contributed by atoms with Gasteiger partial charge >= 0.3 is 6.18 Å². The average molecular weight is 235 g/mol. The van der Waals surface area contributed by atoms with Crippen molar-refractivity contribution < 1.29 is 23.4 Å². The van der Waals surface area contributed by atoms with E-state index < -0.39 is 23.5 Å². The molecule has 6 heteroatoms. The molecule has 0 spiro atoms. The molecule has 0 saturated carbocycles. The third-order valence-electron chi connectivity index (χ3n) is 2.19. The Kier molecular flexibility index (Phi) is 3.77. The number of nitrogens with two attached hydrogens (primary N) is 1. The number of rotatable bonds is 3. The summed E-state index contributed by atoms with van der Waals surface area (Å²) < 4.78 is 37.3. The van der Waals surface area contributed by atoms with Crippen molar-refractivity contribution in [1.29, 1.82) is 0 Å². The molecule has 0 aliphatic rings. The van der Waals surface area contributed by atoms with Crippen molar-refractivity contribution in [3.8, 4) is 5.75 Å².